The van der Waals surface area contributed by atoms with E-state index in [2.05, 4.69) is 15.9 Å². The molecule has 2 aromatic carbocycles. The summed E-state index contributed by atoms with van der Waals surface area (Å²) in [6.07, 6.45) is 0.458. The lowest BCUT2D eigenvalue weighted by Crippen LogP contribution is -2.37. The van der Waals surface area contributed by atoms with Crippen LogP contribution in [0.1, 0.15) is 11.1 Å². The third kappa shape index (κ3) is 3.61. The Morgan fingerprint density at radius 1 is 0.952 bits per heavy atom. The second-order valence-electron chi connectivity index (χ2n) is 5.00. The average Bonchev–Trinajstić information content (AvgIpc) is 2.49. The number of aliphatic hydroxyl groups excluding tert-OH is 2. The highest BCUT2D eigenvalue weighted by atomic mass is 79.9. The Morgan fingerprint density at radius 2 is 1.62 bits per heavy atom. The highest BCUT2D eigenvalue weighted by Crippen LogP contribution is 2.34. The Hall–Kier alpha value is -0.580. The first-order valence-corrected chi connectivity index (χ1v) is 7.98. The van der Waals surface area contributed by atoms with E-state index >= 15 is 0 Å². The van der Waals surface area contributed by atoms with E-state index in [1.807, 2.05) is 30.3 Å². The van der Waals surface area contributed by atoms with E-state index in [4.69, 9.17) is 23.2 Å². The highest BCUT2D eigenvalue weighted by Gasteiger charge is 2.33. The molecule has 0 atom stereocenters. The maximum Gasteiger partial charge on any atom is 0.0595 e. The predicted octanol–water partition coefficient (Wildman–Crippen LogP) is 4.22. The SMILES string of the molecule is OCC(CO)(Cc1ccc(Cl)c(Cl)c1)c1ccccc1Br. The minimum absolute atomic E-state index is 0.174. The number of halogens is 3. The molecule has 0 aliphatic rings. The Labute approximate surface area is 142 Å². The van der Waals surface area contributed by atoms with Crippen LogP contribution in [0.3, 0.4) is 0 Å². The van der Waals surface area contributed by atoms with E-state index in [1.54, 1.807) is 12.1 Å². The zero-order valence-electron chi connectivity index (χ0n) is 11.2. The molecule has 0 saturated heterocycles. The van der Waals surface area contributed by atoms with Crippen molar-refractivity contribution < 1.29 is 10.2 Å². The maximum atomic E-state index is 9.90. The first-order chi connectivity index (χ1) is 10.0. The van der Waals surface area contributed by atoms with Crippen molar-refractivity contribution in [3.05, 3.63) is 68.1 Å². The van der Waals surface area contributed by atoms with Crippen LogP contribution >= 0.6 is 39.1 Å². The van der Waals surface area contributed by atoms with Gasteiger partial charge in [-0.15, -0.1) is 0 Å². The van der Waals surface area contributed by atoms with E-state index < -0.39 is 5.41 Å². The van der Waals surface area contributed by atoms with Gasteiger partial charge in [-0.05, 0) is 35.7 Å². The van der Waals surface area contributed by atoms with Crippen molar-refractivity contribution in [1.29, 1.82) is 0 Å². The molecule has 0 unspecified atom stereocenters. The van der Waals surface area contributed by atoms with Gasteiger partial charge in [0.1, 0.15) is 0 Å². The largest absolute Gasteiger partial charge is 0.395 e. The van der Waals surface area contributed by atoms with Crippen LogP contribution in [0.25, 0.3) is 0 Å². The summed E-state index contributed by atoms with van der Waals surface area (Å²) in [6, 6.07) is 12.9. The van der Waals surface area contributed by atoms with E-state index in [1.165, 1.54) is 0 Å². The van der Waals surface area contributed by atoms with Gasteiger partial charge >= 0.3 is 0 Å². The van der Waals surface area contributed by atoms with Gasteiger partial charge in [-0.1, -0.05) is 63.4 Å². The molecule has 0 aliphatic carbocycles. The molecule has 2 N–H and O–H groups in total. The van der Waals surface area contributed by atoms with Crippen molar-refractivity contribution in [2.75, 3.05) is 13.2 Å². The highest BCUT2D eigenvalue weighted by molar-refractivity contribution is 9.10. The van der Waals surface area contributed by atoms with Crippen LogP contribution < -0.4 is 0 Å². The number of benzene rings is 2. The van der Waals surface area contributed by atoms with Crippen LogP contribution in [0.5, 0.6) is 0 Å². The summed E-state index contributed by atoms with van der Waals surface area (Å²) in [5, 5.41) is 20.7. The third-order valence-corrected chi connectivity index (χ3v) is 5.01. The minimum Gasteiger partial charge on any atom is -0.395 e. The normalized spacial score (nSPS) is 11.7. The van der Waals surface area contributed by atoms with Gasteiger partial charge in [0.15, 0.2) is 0 Å². The van der Waals surface area contributed by atoms with Gasteiger partial charge in [-0.25, -0.2) is 0 Å². The average molecular weight is 390 g/mol. The Balaban J connectivity index is 2.43. The van der Waals surface area contributed by atoms with Gasteiger partial charge in [0, 0.05) is 9.89 Å². The first-order valence-electron chi connectivity index (χ1n) is 6.43. The molecular weight excluding hydrogens is 375 g/mol. The molecular formula is C16H15BrCl2O2. The molecule has 0 radical (unpaired) electrons. The zero-order chi connectivity index (χ0) is 15.5. The smallest absolute Gasteiger partial charge is 0.0595 e. The predicted molar refractivity (Wildman–Crippen MR) is 90.2 cm³/mol. The number of rotatable bonds is 5. The maximum absolute atomic E-state index is 9.90. The lowest BCUT2D eigenvalue weighted by Gasteiger charge is -2.31. The Bertz CT molecular complexity index is 627. The van der Waals surface area contributed by atoms with Crippen LogP contribution in [-0.2, 0) is 11.8 Å². The van der Waals surface area contributed by atoms with Gasteiger partial charge in [0.05, 0.1) is 23.3 Å². The van der Waals surface area contributed by atoms with Gasteiger partial charge in [-0.3, -0.25) is 0 Å². The molecule has 0 aliphatic heterocycles. The third-order valence-electron chi connectivity index (χ3n) is 3.58. The Morgan fingerprint density at radius 3 is 2.19 bits per heavy atom. The summed E-state index contributed by atoms with van der Waals surface area (Å²) in [5.41, 5.74) is 0.987. The van der Waals surface area contributed by atoms with Gasteiger partial charge < -0.3 is 10.2 Å². The summed E-state index contributed by atoms with van der Waals surface area (Å²) < 4.78 is 0.855. The fourth-order valence-corrected chi connectivity index (χ4v) is 3.39. The molecule has 21 heavy (non-hydrogen) atoms. The molecule has 112 valence electrons. The van der Waals surface area contributed by atoms with Crippen LogP contribution in [0.4, 0.5) is 0 Å². The van der Waals surface area contributed by atoms with E-state index in [-0.39, 0.29) is 13.2 Å². The van der Waals surface area contributed by atoms with Crippen LogP contribution in [0.15, 0.2) is 46.9 Å². The molecule has 0 fully saturated rings. The van der Waals surface area contributed by atoms with Crippen molar-refractivity contribution in [2.45, 2.75) is 11.8 Å². The van der Waals surface area contributed by atoms with Crippen LogP contribution in [0.2, 0.25) is 10.0 Å². The number of hydrogen-bond acceptors (Lipinski definition) is 2. The molecule has 2 aromatic rings. The summed E-state index contributed by atoms with van der Waals surface area (Å²) in [7, 11) is 0. The monoisotopic (exact) mass is 388 g/mol. The quantitative estimate of drug-likeness (QED) is 0.803. The van der Waals surface area contributed by atoms with Crippen molar-refractivity contribution >= 4 is 39.1 Å². The molecule has 0 heterocycles. The molecule has 0 aromatic heterocycles. The second kappa shape index (κ2) is 7.12. The standard InChI is InChI=1S/C16H15BrCl2O2/c17-13-4-2-1-3-12(13)16(9-20,10-21)8-11-5-6-14(18)15(19)7-11/h1-7,20-21H,8-10H2. The first kappa shape index (κ1) is 16.8. The van der Waals surface area contributed by atoms with Gasteiger partial charge in [-0.2, -0.15) is 0 Å². The summed E-state index contributed by atoms with van der Waals surface area (Å²) in [6.45, 7) is -0.348. The topological polar surface area (TPSA) is 40.5 Å². The lowest BCUT2D eigenvalue weighted by molar-refractivity contribution is 0.115. The van der Waals surface area contributed by atoms with Crippen molar-refractivity contribution in [2.24, 2.45) is 0 Å². The fourth-order valence-electron chi connectivity index (χ4n) is 2.36. The van der Waals surface area contributed by atoms with Crippen LogP contribution in [-0.4, -0.2) is 23.4 Å². The Kier molecular flexibility index (Phi) is 5.69. The molecule has 0 bridgehead atoms. The second-order valence-corrected chi connectivity index (χ2v) is 6.67. The van der Waals surface area contributed by atoms with Crippen molar-refractivity contribution in [3.63, 3.8) is 0 Å². The van der Waals surface area contributed by atoms with Crippen molar-refractivity contribution in [3.8, 4) is 0 Å². The molecule has 5 heteroatoms. The molecule has 0 saturated carbocycles. The molecule has 0 amide bonds. The van der Waals surface area contributed by atoms with E-state index in [9.17, 15) is 10.2 Å². The number of hydrogen-bond donors (Lipinski definition) is 2. The van der Waals surface area contributed by atoms with E-state index in [0.717, 1.165) is 15.6 Å². The van der Waals surface area contributed by atoms with Crippen molar-refractivity contribution in [1.82, 2.24) is 0 Å². The van der Waals surface area contributed by atoms with Gasteiger partial charge in [0.25, 0.3) is 0 Å². The fraction of sp³-hybridized carbons (Fsp3) is 0.250. The minimum atomic E-state index is -0.781. The molecule has 2 nitrogen and oxygen atoms in total. The molecule has 0 spiro atoms. The number of aliphatic hydroxyl groups is 2. The zero-order valence-corrected chi connectivity index (χ0v) is 14.3. The summed E-state index contributed by atoms with van der Waals surface area (Å²) >= 11 is 15.4. The van der Waals surface area contributed by atoms with Crippen LogP contribution in [0, 0.1) is 0 Å². The molecule has 2 rings (SSSR count). The lowest BCUT2D eigenvalue weighted by atomic mass is 9.77. The van der Waals surface area contributed by atoms with Gasteiger partial charge in [0.2, 0.25) is 0 Å². The summed E-state index contributed by atoms with van der Waals surface area (Å²) in [4.78, 5) is 0. The summed E-state index contributed by atoms with van der Waals surface area (Å²) in [5.74, 6) is 0. The van der Waals surface area contributed by atoms with E-state index in [0.29, 0.717) is 16.5 Å².